The van der Waals surface area contributed by atoms with E-state index in [1.807, 2.05) is 0 Å². The van der Waals surface area contributed by atoms with Gasteiger partial charge < -0.3 is 4.90 Å². The number of allylic oxidation sites excluding steroid dienone is 2. The third kappa shape index (κ3) is 5.76. The van der Waals surface area contributed by atoms with Gasteiger partial charge in [0.25, 0.3) is 0 Å². The molecule has 0 amide bonds. The van der Waals surface area contributed by atoms with Crippen LogP contribution in [-0.4, -0.2) is 0 Å². The first-order valence-corrected chi connectivity index (χ1v) is 14.1. The first kappa shape index (κ1) is 26.1. The Kier molecular flexibility index (Phi) is 7.60. The summed E-state index contributed by atoms with van der Waals surface area (Å²) in [6.07, 6.45) is 6.62. The van der Waals surface area contributed by atoms with Crippen LogP contribution in [0.15, 0.2) is 158 Å². The number of benzene rings is 6. The fourth-order valence-electron chi connectivity index (χ4n) is 5.30. The minimum absolute atomic E-state index is 1.14. The number of aryl methyl sites for hydroxylation is 2. The van der Waals surface area contributed by atoms with Gasteiger partial charge in [-0.2, -0.15) is 0 Å². The van der Waals surface area contributed by atoms with Gasteiger partial charge in [-0.1, -0.05) is 145 Å². The molecule has 0 aliphatic heterocycles. The minimum atomic E-state index is 1.14. The first-order valence-electron chi connectivity index (χ1n) is 14.1. The van der Waals surface area contributed by atoms with Gasteiger partial charge >= 0.3 is 0 Å². The van der Waals surface area contributed by atoms with Crippen LogP contribution in [0, 0.1) is 13.8 Å². The summed E-state index contributed by atoms with van der Waals surface area (Å²) in [5.74, 6) is 0. The smallest absolute Gasteiger partial charge is 0.0540 e. The maximum absolute atomic E-state index is 2.36. The molecule has 6 aromatic rings. The molecule has 0 bridgehead atoms. The minimum Gasteiger partial charge on any atom is -0.310 e. The van der Waals surface area contributed by atoms with E-state index < -0.39 is 0 Å². The third-order valence-electron chi connectivity index (χ3n) is 7.47. The van der Waals surface area contributed by atoms with Crippen molar-refractivity contribution in [3.05, 3.63) is 186 Å². The molecule has 0 N–H and O–H groups in total. The Morgan fingerprint density at radius 2 is 0.976 bits per heavy atom. The second-order valence-electron chi connectivity index (χ2n) is 10.4. The van der Waals surface area contributed by atoms with E-state index in [2.05, 4.69) is 183 Å². The predicted octanol–water partition coefficient (Wildman–Crippen LogP) is 11.1. The van der Waals surface area contributed by atoms with Crippen LogP contribution >= 0.6 is 0 Å². The number of anilines is 3. The normalized spacial score (nSPS) is 11.1. The van der Waals surface area contributed by atoms with Crippen LogP contribution in [0.1, 0.15) is 27.8 Å². The molecular weight excluding hydrogens is 494 g/mol. The molecule has 1 heteroatoms. The number of nitrogens with zero attached hydrogens (tertiary/aromatic N) is 1. The zero-order valence-electron chi connectivity index (χ0n) is 23.5. The fraction of sp³-hybridized carbons (Fsp3) is 0.0500. The van der Waals surface area contributed by atoms with Crippen molar-refractivity contribution in [1.82, 2.24) is 0 Å². The molecule has 6 aromatic carbocycles. The topological polar surface area (TPSA) is 3.24 Å². The van der Waals surface area contributed by atoms with Gasteiger partial charge in [0.05, 0.1) is 5.69 Å². The highest BCUT2D eigenvalue weighted by Gasteiger charge is 2.16. The van der Waals surface area contributed by atoms with E-state index in [1.54, 1.807) is 0 Å². The molecule has 6 rings (SSSR count). The summed E-state index contributed by atoms with van der Waals surface area (Å²) in [4.78, 5) is 2.36. The molecule has 0 spiro atoms. The predicted molar refractivity (Wildman–Crippen MR) is 177 cm³/mol. The van der Waals surface area contributed by atoms with Crippen molar-refractivity contribution in [3.63, 3.8) is 0 Å². The summed E-state index contributed by atoms with van der Waals surface area (Å²) < 4.78 is 0. The lowest BCUT2D eigenvalue weighted by Crippen LogP contribution is -2.10. The van der Waals surface area contributed by atoms with E-state index in [0.717, 1.165) is 17.1 Å². The molecular formula is C40H33N. The van der Waals surface area contributed by atoms with Crippen LogP contribution < -0.4 is 4.90 Å². The van der Waals surface area contributed by atoms with Crippen LogP contribution in [0.3, 0.4) is 0 Å². The van der Waals surface area contributed by atoms with Crippen molar-refractivity contribution >= 4 is 39.5 Å². The highest BCUT2D eigenvalue weighted by Crippen LogP contribution is 2.40. The molecule has 198 valence electrons. The molecule has 0 saturated carbocycles. The summed E-state index contributed by atoms with van der Waals surface area (Å²) in [5, 5.41) is 2.44. The number of hydrogen-bond acceptors (Lipinski definition) is 1. The molecule has 0 aliphatic carbocycles. The zero-order chi connectivity index (χ0) is 28.0. The summed E-state index contributed by atoms with van der Waals surface area (Å²) in [5.41, 5.74) is 10.8. The Labute approximate surface area is 243 Å². The van der Waals surface area contributed by atoms with Crippen LogP contribution in [0.2, 0.25) is 0 Å². The van der Waals surface area contributed by atoms with Gasteiger partial charge in [-0.05, 0) is 71.8 Å². The molecule has 0 heterocycles. The summed E-state index contributed by atoms with van der Waals surface area (Å²) in [7, 11) is 0. The Morgan fingerprint density at radius 3 is 1.51 bits per heavy atom. The Balaban J connectivity index is 1.44. The van der Waals surface area contributed by atoms with Gasteiger partial charge in [-0.25, -0.2) is 0 Å². The van der Waals surface area contributed by atoms with Crippen molar-refractivity contribution < 1.29 is 0 Å². The second kappa shape index (κ2) is 11.9. The molecule has 0 unspecified atom stereocenters. The van der Waals surface area contributed by atoms with Crippen LogP contribution in [0.25, 0.3) is 22.4 Å². The molecule has 0 atom stereocenters. The molecule has 0 aromatic heterocycles. The van der Waals surface area contributed by atoms with Crippen molar-refractivity contribution in [1.29, 1.82) is 0 Å². The van der Waals surface area contributed by atoms with Crippen molar-refractivity contribution in [3.8, 4) is 0 Å². The summed E-state index contributed by atoms with van der Waals surface area (Å²) in [6, 6.07) is 51.9. The Morgan fingerprint density at radius 1 is 0.488 bits per heavy atom. The van der Waals surface area contributed by atoms with Crippen LogP contribution in [-0.2, 0) is 0 Å². The number of rotatable bonds is 7. The van der Waals surface area contributed by atoms with Crippen molar-refractivity contribution in [2.75, 3.05) is 4.90 Å². The summed E-state index contributed by atoms with van der Waals surface area (Å²) >= 11 is 0. The van der Waals surface area contributed by atoms with Crippen LogP contribution in [0.5, 0.6) is 0 Å². The van der Waals surface area contributed by atoms with Crippen molar-refractivity contribution in [2.45, 2.75) is 13.8 Å². The van der Waals surface area contributed by atoms with E-state index in [1.165, 1.54) is 44.2 Å². The molecule has 0 fully saturated rings. The lowest BCUT2D eigenvalue weighted by atomic mass is 9.97. The lowest BCUT2D eigenvalue weighted by molar-refractivity contribution is 1.28. The zero-order valence-corrected chi connectivity index (χ0v) is 23.5. The standard InChI is InChI=1S/C40H33N/c1-30-20-25-35(26-21-30)41(36-27-22-31(2)23-28-36)40-29-24-34(38-17-9-10-18-39(38)40)16-11-19-37(32-12-5-3-6-13-32)33-14-7-4-8-15-33/h3-29H,1-2H3/b16-11+. The van der Waals surface area contributed by atoms with Crippen molar-refractivity contribution in [2.24, 2.45) is 0 Å². The molecule has 0 aliphatic rings. The van der Waals surface area contributed by atoms with E-state index in [-0.39, 0.29) is 0 Å². The fourth-order valence-corrected chi connectivity index (χ4v) is 5.30. The molecule has 0 saturated heterocycles. The molecule has 0 radical (unpaired) electrons. The first-order chi connectivity index (χ1) is 20.2. The quantitative estimate of drug-likeness (QED) is 0.187. The molecule has 1 nitrogen and oxygen atoms in total. The monoisotopic (exact) mass is 527 g/mol. The van der Waals surface area contributed by atoms with E-state index in [0.29, 0.717) is 0 Å². The second-order valence-corrected chi connectivity index (χ2v) is 10.4. The third-order valence-corrected chi connectivity index (χ3v) is 7.47. The Bertz CT molecular complexity index is 1720. The highest BCUT2D eigenvalue weighted by atomic mass is 15.1. The van der Waals surface area contributed by atoms with Gasteiger partial charge in [0.15, 0.2) is 0 Å². The largest absolute Gasteiger partial charge is 0.310 e. The van der Waals surface area contributed by atoms with E-state index in [9.17, 15) is 0 Å². The van der Waals surface area contributed by atoms with Crippen LogP contribution in [0.4, 0.5) is 17.1 Å². The molecule has 41 heavy (non-hydrogen) atoms. The maximum Gasteiger partial charge on any atom is 0.0540 e. The van der Waals surface area contributed by atoms with E-state index >= 15 is 0 Å². The number of fused-ring (bicyclic) bond motifs is 1. The van der Waals surface area contributed by atoms with Gasteiger partial charge in [0.2, 0.25) is 0 Å². The van der Waals surface area contributed by atoms with Gasteiger partial charge in [-0.3, -0.25) is 0 Å². The van der Waals surface area contributed by atoms with Gasteiger partial charge in [-0.15, -0.1) is 0 Å². The Hall–Kier alpha value is -5.14. The average molecular weight is 528 g/mol. The lowest BCUT2D eigenvalue weighted by Gasteiger charge is -2.27. The number of hydrogen-bond donors (Lipinski definition) is 0. The SMILES string of the molecule is Cc1ccc(N(c2ccc(C)cc2)c2ccc(/C=C/C=C(c3ccccc3)c3ccccc3)c3ccccc23)cc1. The van der Waals surface area contributed by atoms with Gasteiger partial charge in [0.1, 0.15) is 0 Å². The van der Waals surface area contributed by atoms with Gasteiger partial charge in [0, 0.05) is 16.8 Å². The van der Waals surface area contributed by atoms with E-state index in [4.69, 9.17) is 0 Å². The average Bonchev–Trinajstić information content (AvgIpc) is 3.03. The summed E-state index contributed by atoms with van der Waals surface area (Å²) in [6.45, 7) is 4.26. The highest BCUT2D eigenvalue weighted by molar-refractivity contribution is 6.03. The maximum atomic E-state index is 2.36.